The number of amides is 1. The van der Waals surface area contributed by atoms with Crippen LogP contribution in [0.25, 0.3) is 10.8 Å². The Kier molecular flexibility index (Phi) is 7.55. The number of fused-ring (bicyclic) bond motifs is 1. The molecule has 0 radical (unpaired) electrons. The molecule has 0 unspecified atom stereocenters. The van der Waals surface area contributed by atoms with Gasteiger partial charge in [0.15, 0.2) is 0 Å². The molecule has 0 spiro atoms. The lowest BCUT2D eigenvalue weighted by Crippen LogP contribution is -2.19. The van der Waals surface area contributed by atoms with Gasteiger partial charge in [0.2, 0.25) is 5.91 Å². The second-order valence-electron chi connectivity index (χ2n) is 7.21. The van der Waals surface area contributed by atoms with Crippen molar-refractivity contribution in [3.8, 4) is 5.75 Å². The van der Waals surface area contributed by atoms with Gasteiger partial charge in [-0.25, -0.2) is 5.43 Å². The molecule has 0 aliphatic heterocycles. The zero-order valence-corrected chi connectivity index (χ0v) is 20.8. The summed E-state index contributed by atoms with van der Waals surface area (Å²) in [4.78, 5) is 12.3. The van der Waals surface area contributed by atoms with Gasteiger partial charge in [0.1, 0.15) is 12.4 Å². The van der Waals surface area contributed by atoms with Crippen molar-refractivity contribution in [1.82, 2.24) is 5.43 Å². The van der Waals surface area contributed by atoms with E-state index >= 15 is 0 Å². The number of benzene rings is 4. The Balaban J connectivity index is 1.51. The van der Waals surface area contributed by atoms with Crippen LogP contribution in [-0.4, -0.2) is 12.1 Å². The Hall–Kier alpha value is -2.71. The number of hydrogen-bond donors (Lipinski definition) is 1. The van der Waals surface area contributed by atoms with E-state index in [4.69, 9.17) is 4.74 Å². The van der Waals surface area contributed by atoms with E-state index in [1.807, 2.05) is 60.7 Å². The van der Waals surface area contributed by atoms with E-state index in [-0.39, 0.29) is 12.3 Å². The number of halogens is 2. The summed E-state index contributed by atoms with van der Waals surface area (Å²) in [5.74, 6) is 0.540. The van der Waals surface area contributed by atoms with Crippen molar-refractivity contribution in [3.05, 3.63) is 110 Å². The molecule has 32 heavy (non-hydrogen) atoms. The average molecular weight is 599 g/mol. The minimum absolute atomic E-state index is 0.176. The molecule has 0 saturated carbocycles. The Morgan fingerprint density at radius 1 is 0.938 bits per heavy atom. The molecule has 0 atom stereocenters. The number of nitrogens with one attached hydrogen (secondary N) is 1. The van der Waals surface area contributed by atoms with Crippen molar-refractivity contribution >= 4 is 61.4 Å². The number of hydrazone groups is 1. The average Bonchev–Trinajstić information content (AvgIpc) is 2.81. The van der Waals surface area contributed by atoms with E-state index in [1.54, 1.807) is 6.21 Å². The van der Waals surface area contributed by atoms with E-state index in [2.05, 4.69) is 73.3 Å². The molecular formula is C26H20BrIN2O2. The molecule has 0 saturated heterocycles. The summed E-state index contributed by atoms with van der Waals surface area (Å²) in [6, 6.07) is 27.9. The van der Waals surface area contributed by atoms with Crippen LogP contribution in [0.2, 0.25) is 0 Å². The predicted octanol–water partition coefficient (Wildman–Crippen LogP) is 6.48. The smallest absolute Gasteiger partial charge is 0.244 e. The van der Waals surface area contributed by atoms with Gasteiger partial charge in [0.05, 0.1) is 12.6 Å². The molecule has 4 nitrogen and oxygen atoms in total. The van der Waals surface area contributed by atoms with E-state index in [0.717, 1.165) is 31.9 Å². The Morgan fingerprint density at radius 2 is 1.66 bits per heavy atom. The van der Waals surface area contributed by atoms with Gasteiger partial charge in [-0.05, 0) is 74.8 Å². The number of rotatable bonds is 7. The van der Waals surface area contributed by atoms with E-state index < -0.39 is 0 Å². The van der Waals surface area contributed by atoms with Crippen LogP contribution in [0, 0.1) is 3.57 Å². The third-order valence-corrected chi connectivity index (χ3v) is 6.15. The first-order chi connectivity index (χ1) is 15.6. The highest BCUT2D eigenvalue weighted by molar-refractivity contribution is 14.1. The highest BCUT2D eigenvalue weighted by atomic mass is 127. The van der Waals surface area contributed by atoms with Crippen molar-refractivity contribution in [2.75, 3.05) is 0 Å². The predicted molar refractivity (Wildman–Crippen MR) is 141 cm³/mol. The quantitative estimate of drug-likeness (QED) is 0.150. The Morgan fingerprint density at radius 3 is 2.44 bits per heavy atom. The van der Waals surface area contributed by atoms with Crippen LogP contribution in [0.5, 0.6) is 5.75 Å². The van der Waals surface area contributed by atoms with Crippen molar-refractivity contribution in [2.24, 2.45) is 5.10 Å². The summed E-state index contributed by atoms with van der Waals surface area (Å²) in [6.45, 7) is 0.450. The second-order valence-corrected chi connectivity index (χ2v) is 9.37. The Bertz CT molecular complexity index is 1260. The normalized spacial score (nSPS) is 11.1. The molecule has 4 aromatic carbocycles. The molecule has 0 aromatic heterocycles. The van der Waals surface area contributed by atoms with Crippen LogP contribution < -0.4 is 10.2 Å². The molecule has 4 aromatic rings. The molecule has 1 amide bonds. The lowest BCUT2D eigenvalue weighted by molar-refractivity contribution is -0.120. The van der Waals surface area contributed by atoms with E-state index in [9.17, 15) is 4.79 Å². The number of carbonyl (C=O) groups is 1. The molecule has 0 fully saturated rings. The van der Waals surface area contributed by atoms with E-state index in [0.29, 0.717) is 12.4 Å². The first-order valence-electron chi connectivity index (χ1n) is 10.0. The van der Waals surface area contributed by atoms with Gasteiger partial charge < -0.3 is 4.74 Å². The molecule has 1 N–H and O–H groups in total. The number of nitrogens with zero attached hydrogens (tertiary/aromatic N) is 1. The summed E-state index contributed by atoms with van der Waals surface area (Å²) >= 11 is 5.69. The zero-order valence-electron chi connectivity index (χ0n) is 17.1. The highest BCUT2D eigenvalue weighted by Crippen LogP contribution is 2.27. The summed E-state index contributed by atoms with van der Waals surface area (Å²) in [5.41, 5.74) is 5.47. The standard InChI is InChI=1S/C26H20BrIN2O2/c27-21-10-5-18(6-11-21)15-26(31)30-29-16-24-23-4-2-1-3-20(23)9-14-25(24)32-17-19-7-12-22(28)13-8-19/h1-14,16H,15,17H2,(H,30,31)/b29-16-. The van der Waals surface area contributed by atoms with Crippen molar-refractivity contribution in [1.29, 1.82) is 0 Å². The van der Waals surface area contributed by atoms with Gasteiger partial charge >= 0.3 is 0 Å². The molecule has 160 valence electrons. The maximum absolute atomic E-state index is 12.3. The maximum Gasteiger partial charge on any atom is 0.244 e. The molecular weight excluding hydrogens is 579 g/mol. The van der Waals surface area contributed by atoms with Gasteiger partial charge in [0.25, 0.3) is 0 Å². The van der Waals surface area contributed by atoms with Gasteiger partial charge in [0, 0.05) is 13.6 Å². The molecule has 4 rings (SSSR count). The SMILES string of the molecule is O=C(Cc1ccc(Br)cc1)N/N=C\c1c(OCc2ccc(I)cc2)ccc2ccccc12. The molecule has 0 aliphatic rings. The van der Waals surface area contributed by atoms with Crippen LogP contribution >= 0.6 is 38.5 Å². The fraction of sp³-hybridized carbons (Fsp3) is 0.0769. The third kappa shape index (κ3) is 5.95. The molecule has 0 heterocycles. The minimum Gasteiger partial charge on any atom is -0.488 e. The topological polar surface area (TPSA) is 50.7 Å². The molecule has 0 aliphatic carbocycles. The largest absolute Gasteiger partial charge is 0.488 e. The first-order valence-corrected chi connectivity index (χ1v) is 11.9. The second kappa shape index (κ2) is 10.7. The molecule has 6 heteroatoms. The van der Waals surface area contributed by atoms with Crippen LogP contribution in [0.1, 0.15) is 16.7 Å². The van der Waals surface area contributed by atoms with Gasteiger partial charge in [-0.15, -0.1) is 0 Å². The maximum atomic E-state index is 12.3. The van der Waals surface area contributed by atoms with Gasteiger partial charge in [-0.1, -0.05) is 70.5 Å². The fourth-order valence-electron chi connectivity index (χ4n) is 3.27. The van der Waals surface area contributed by atoms with E-state index in [1.165, 1.54) is 3.57 Å². The third-order valence-electron chi connectivity index (χ3n) is 4.90. The van der Waals surface area contributed by atoms with Crippen LogP contribution in [0.3, 0.4) is 0 Å². The lowest BCUT2D eigenvalue weighted by Gasteiger charge is -2.12. The minimum atomic E-state index is -0.176. The van der Waals surface area contributed by atoms with Crippen molar-refractivity contribution in [2.45, 2.75) is 13.0 Å². The van der Waals surface area contributed by atoms with Crippen LogP contribution in [0.15, 0.2) is 94.5 Å². The summed E-state index contributed by atoms with van der Waals surface area (Å²) in [6.07, 6.45) is 1.92. The van der Waals surface area contributed by atoms with Crippen molar-refractivity contribution < 1.29 is 9.53 Å². The summed E-state index contributed by atoms with van der Waals surface area (Å²) in [7, 11) is 0. The van der Waals surface area contributed by atoms with Gasteiger partial charge in [-0.3, -0.25) is 4.79 Å². The van der Waals surface area contributed by atoms with Crippen LogP contribution in [-0.2, 0) is 17.8 Å². The highest BCUT2D eigenvalue weighted by Gasteiger charge is 2.08. The Labute approximate surface area is 209 Å². The van der Waals surface area contributed by atoms with Gasteiger partial charge in [-0.2, -0.15) is 5.10 Å². The van der Waals surface area contributed by atoms with Crippen molar-refractivity contribution in [3.63, 3.8) is 0 Å². The lowest BCUT2D eigenvalue weighted by atomic mass is 10.0. The molecule has 0 bridgehead atoms. The first kappa shape index (κ1) is 22.5. The fourth-order valence-corrected chi connectivity index (χ4v) is 3.90. The monoisotopic (exact) mass is 598 g/mol. The number of ether oxygens (including phenoxy) is 1. The summed E-state index contributed by atoms with van der Waals surface area (Å²) < 4.78 is 8.29. The number of hydrogen-bond acceptors (Lipinski definition) is 3. The zero-order chi connectivity index (χ0) is 22.3. The van der Waals surface area contributed by atoms with Crippen LogP contribution in [0.4, 0.5) is 0 Å². The number of carbonyl (C=O) groups excluding carboxylic acids is 1. The summed E-state index contributed by atoms with van der Waals surface area (Å²) in [5, 5.41) is 6.31.